The van der Waals surface area contributed by atoms with Crippen LogP contribution in [0, 0.1) is 19.7 Å². The molecule has 0 aliphatic carbocycles. The lowest BCUT2D eigenvalue weighted by molar-refractivity contribution is -0.309. The van der Waals surface area contributed by atoms with Crippen LogP contribution in [0.15, 0.2) is 47.6 Å². The van der Waals surface area contributed by atoms with Gasteiger partial charge in [0.15, 0.2) is 17.9 Å². The van der Waals surface area contributed by atoms with Crippen LogP contribution < -0.4 is 0 Å². The summed E-state index contributed by atoms with van der Waals surface area (Å²) in [4.78, 5) is 11.7. The third-order valence-electron chi connectivity index (χ3n) is 6.41. The van der Waals surface area contributed by atoms with Gasteiger partial charge in [0.25, 0.3) is 0 Å². The molecule has 0 bridgehead atoms. The zero-order valence-corrected chi connectivity index (χ0v) is 20.6. The number of aliphatic hydroxyl groups excluding tert-OH is 1. The number of aliphatic hydroxyl groups is 1. The van der Waals surface area contributed by atoms with Gasteiger partial charge in [0.1, 0.15) is 29.7 Å². The zero-order chi connectivity index (χ0) is 25.7. The number of fused-ring (bicyclic) bond motifs is 2. The summed E-state index contributed by atoms with van der Waals surface area (Å²) in [5.41, 5.74) is 10.8. The van der Waals surface area contributed by atoms with Crippen LogP contribution in [0.25, 0.3) is 26.3 Å². The monoisotopic (exact) mass is 523 g/mol. The molecule has 6 atom stereocenters. The van der Waals surface area contributed by atoms with Crippen molar-refractivity contribution in [1.82, 2.24) is 19.7 Å². The Balaban J connectivity index is 1.36. The first-order valence-corrected chi connectivity index (χ1v) is 12.4. The van der Waals surface area contributed by atoms with Crippen molar-refractivity contribution in [1.29, 1.82) is 0 Å². The summed E-state index contributed by atoms with van der Waals surface area (Å²) in [7, 11) is 0. The first-order valence-electron chi connectivity index (χ1n) is 11.6. The molecule has 2 aromatic heterocycles. The summed E-state index contributed by atoms with van der Waals surface area (Å²) in [5, 5.41) is 20.4. The highest BCUT2D eigenvalue weighted by Crippen LogP contribution is 2.40. The molecule has 190 valence electrons. The van der Waals surface area contributed by atoms with E-state index in [0.717, 1.165) is 10.6 Å². The molecule has 13 heteroatoms. The Morgan fingerprint density at radius 3 is 2.78 bits per heavy atom. The van der Waals surface area contributed by atoms with Crippen molar-refractivity contribution in [2.24, 2.45) is 5.11 Å². The lowest BCUT2D eigenvalue weighted by Crippen LogP contribution is -2.58. The molecular formula is C24H22FN7O4S. The average molecular weight is 524 g/mol. The Kier molecular flexibility index (Phi) is 6.11. The summed E-state index contributed by atoms with van der Waals surface area (Å²) in [6.07, 6.45) is -4.46. The van der Waals surface area contributed by atoms with Gasteiger partial charge >= 0.3 is 0 Å². The van der Waals surface area contributed by atoms with Crippen molar-refractivity contribution in [3.63, 3.8) is 0 Å². The van der Waals surface area contributed by atoms with Crippen molar-refractivity contribution in [2.75, 3.05) is 6.61 Å². The van der Waals surface area contributed by atoms with Gasteiger partial charge in [-0.2, -0.15) is 5.10 Å². The maximum atomic E-state index is 14.9. The van der Waals surface area contributed by atoms with E-state index < -0.39 is 42.6 Å². The molecule has 0 radical (unpaired) electrons. The van der Waals surface area contributed by atoms with Crippen LogP contribution >= 0.6 is 11.3 Å². The summed E-state index contributed by atoms with van der Waals surface area (Å²) in [5.74, 6) is 0.149. The van der Waals surface area contributed by atoms with E-state index in [9.17, 15) is 15.0 Å². The number of hydrogen-bond acceptors (Lipinski definition) is 9. The number of ether oxygens (including phenoxy) is 3. The molecule has 1 N–H and O–H groups in total. The Labute approximate surface area is 214 Å². The van der Waals surface area contributed by atoms with Crippen molar-refractivity contribution >= 4 is 21.6 Å². The maximum Gasteiger partial charge on any atom is 0.184 e. The second-order valence-electron chi connectivity index (χ2n) is 8.89. The fourth-order valence-electron chi connectivity index (χ4n) is 4.81. The third-order valence-corrected chi connectivity index (χ3v) is 7.33. The highest BCUT2D eigenvalue weighted by molar-refractivity contribution is 7.18. The molecule has 37 heavy (non-hydrogen) atoms. The first kappa shape index (κ1) is 23.9. The molecular weight excluding hydrogens is 501 g/mol. The van der Waals surface area contributed by atoms with Gasteiger partial charge in [-0.05, 0) is 25.4 Å². The van der Waals surface area contributed by atoms with E-state index in [1.54, 1.807) is 13.0 Å². The lowest BCUT2D eigenvalue weighted by Gasteiger charge is -2.46. The Morgan fingerprint density at radius 2 is 2.00 bits per heavy atom. The quantitative estimate of drug-likeness (QED) is 0.240. The molecule has 0 spiro atoms. The largest absolute Gasteiger partial charge is 0.389 e. The molecule has 0 saturated carbocycles. The highest BCUT2D eigenvalue weighted by atomic mass is 32.1. The minimum absolute atomic E-state index is 0.138. The van der Waals surface area contributed by atoms with Crippen molar-refractivity contribution in [3.05, 3.63) is 80.9 Å². The summed E-state index contributed by atoms with van der Waals surface area (Å²) in [6.45, 7) is 3.63. The van der Waals surface area contributed by atoms with Gasteiger partial charge in [0.2, 0.25) is 0 Å². The molecule has 6 rings (SSSR count). The number of hydrogen-bond donors (Lipinski definition) is 1. The van der Waals surface area contributed by atoms with Gasteiger partial charge in [-0.15, -0.1) is 11.3 Å². The number of nitrogens with zero attached hydrogens (tertiary/aromatic N) is 7. The predicted molar refractivity (Wildman–Crippen MR) is 131 cm³/mol. The molecule has 11 nitrogen and oxygen atoms in total. The van der Waals surface area contributed by atoms with Gasteiger partial charge in [-0.3, -0.25) is 0 Å². The number of halogens is 1. The highest BCUT2D eigenvalue weighted by Gasteiger charge is 2.51. The van der Waals surface area contributed by atoms with Crippen LogP contribution in [0.3, 0.4) is 0 Å². The fourth-order valence-corrected chi connectivity index (χ4v) is 5.69. The molecule has 2 fully saturated rings. The predicted octanol–water partition coefficient (Wildman–Crippen LogP) is 4.23. The van der Waals surface area contributed by atoms with Crippen LogP contribution in [0.1, 0.15) is 34.6 Å². The number of aryl methyl sites for hydroxylation is 2. The molecule has 4 aromatic rings. The van der Waals surface area contributed by atoms with E-state index in [0.29, 0.717) is 16.2 Å². The number of thiazole rings is 1. The Hall–Kier alpha value is -3.45. The van der Waals surface area contributed by atoms with Crippen LogP contribution in [0.4, 0.5) is 4.39 Å². The third kappa shape index (κ3) is 4.25. The second-order valence-corrected chi connectivity index (χ2v) is 10.1. The van der Waals surface area contributed by atoms with Crippen LogP contribution in [0.5, 0.6) is 0 Å². The zero-order valence-electron chi connectivity index (χ0n) is 19.8. The average Bonchev–Trinajstić information content (AvgIpc) is 3.48. The Bertz CT molecular complexity index is 1510. The van der Waals surface area contributed by atoms with E-state index in [-0.39, 0.29) is 17.9 Å². The van der Waals surface area contributed by atoms with Gasteiger partial charge in [0, 0.05) is 16.5 Å². The van der Waals surface area contributed by atoms with Gasteiger partial charge in [0.05, 0.1) is 34.1 Å². The number of benzene rings is 2. The summed E-state index contributed by atoms with van der Waals surface area (Å²) in [6, 6.07) is 11.4. The normalized spacial score (nSPS) is 27.6. The Morgan fingerprint density at radius 1 is 1.19 bits per heavy atom. The molecule has 2 saturated heterocycles. The lowest BCUT2D eigenvalue weighted by atomic mass is 9.91. The standard InChI is InChI=1S/C24H22FN7O4S/c1-11-27-23(32(30-11)14-8-15(25)18-17(9-14)37-12(2)28-18)22-20(33)19(29-31-26)21-16(35-22)10-34-24(36-21)13-6-4-3-5-7-13/h3-9,16,19-22,24,33H,10H2,1-2H3/t16-,19-,20-,21+,22-,24?/m1/s1. The minimum atomic E-state index is -1.31. The van der Waals surface area contributed by atoms with Gasteiger partial charge in [-0.1, -0.05) is 35.4 Å². The smallest absolute Gasteiger partial charge is 0.184 e. The topological polar surface area (TPSA) is 140 Å². The number of aromatic nitrogens is 4. The summed E-state index contributed by atoms with van der Waals surface area (Å²) < 4.78 is 35.2. The van der Waals surface area contributed by atoms with E-state index >= 15 is 0 Å². The molecule has 1 unspecified atom stereocenters. The second kappa shape index (κ2) is 9.45. The van der Waals surface area contributed by atoms with Crippen molar-refractivity contribution < 1.29 is 23.7 Å². The molecule has 0 amide bonds. The van der Waals surface area contributed by atoms with E-state index in [2.05, 4.69) is 25.1 Å². The molecule has 2 aromatic carbocycles. The SMILES string of the molecule is Cc1nc([C@@H]2O[C@@H]3COC(c4ccccc4)O[C@@H]3[C@H](N=[N+]=[N-])[C@H]2O)n(-c2cc(F)c3nc(C)sc3c2)n1. The molecule has 4 heterocycles. The van der Waals surface area contributed by atoms with Gasteiger partial charge < -0.3 is 19.3 Å². The van der Waals surface area contributed by atoms with Crippen molar-refractivity contribution in [3.8, 4) is 5.69 Å². The van der Waals surface area contributed by atoms with Crippen LogP contribution in [0.2, 0.25) is 0 Å². The minimum Gasteiger partial charge on any atom is -0.389 e. The summed E-state index contributed by atoms with van der Waals surface area (Å²) >= 11 is 1.36. The van der Waals surface area contributed by atoms with Crippen LogP contribution in [-0.4, -0.2) is 55.8 Å². The first-order chi connectivity index (χ1) is 17.9. The number of azide groups is 1. The van der Waals surface area contributed by atoms with Gasteiger partial charge in [-0.25, -0.2) is 19.0 Å². The maximum absolute atomic E-state index is 14.9. The fraction of sp³-hybridized carbons (Fsp3) is 0.375. The van der Waals surface area contributed by atoms with E-state index in [4.69, 9.17) is 14.2 Å². The van der Waals surface area contributed by atoms with Crippen molar-refractivity contribution in [2.45, 2.75) is 50.6 Å². The number of rotatable bonds is 4. The van der Waals surface area contributed by atoms with E-state index in [1.165, 1.54) is 22.1 Å². The molecule has 2 aliphatic heterocycles. The molecule has 2 aliphatic rings. The van der Waals surface area contributed by atoms with E-state index in [1.807, 2.05) is 37.3 Å². The van der Waals surface area contributed by atoms with Crippen LogP contribution in [-0.2, 0) is 14.2 Å².